The third-order valence-corrected chi connectivity index (χ3v) is 8.31. The van der Waals surface area contributed by atoms with E-state index in [9.17, 15) is 13.2 Å². The summed E-state index contributed by atoms with van der Waals surface area (Å²) in [6, 6.07) is 9.55. The molecule has 0 N–H and O–H groups in total. The van der Waals surface area contributed by atoms with Gasteiger partial charge in [0, 0.05) is 18.3 Å². The Morgan fingerprint density at radius 1 is 1.31 bits per heavy atom. The molecule has 188 valence electrons. The molecule has 0 spiro atoms. The summed E-state index contributed by atoms with van der Waals surface area (Å²) in [5.41, 5.74) is 2.12. The first-order chi connectivity index (χ1) is 17.2. The zero-order valence-electron chi connectivity index (χ0n) is 19.7. The summed E-state index contributed by atoms with van der Waals surface area (Å²) >= 11 is 3.36. The lowest BCUT2D eigenvalue weighted by atomic mass is 9.93. The van der Waals surface area contributed by atoms with Gasteiger partial charge in [0.1, 0.15) is 17.2 Å². The molecule has 0 amide bonds. The number of fused-ring (bicyclic) bond motifs is 1. The molecule has 10 nitrogen and oxygen atoms in total. The smallest absolute Gasteiger partial charge is 0.327 e. The zero-order valence-corrected chi connectivity index (χ0v) is 22.1. The van der Waals surface area contributed by atoms with Crippen LogP contribution in [-0.4, -0.2) is 47.1 Å². The van der Waals surface area contributed by atoms with Crippen molar-refractivity contribution in [3.8, 4) is 17.7 Å². The van der Waals surface area contributed by atoms with Crippen LogP contribution in [0.1, 0.15) is 42.6 Å². The van der Waals surface area contributed by atoms with Crippen LogP contribution in [0.25, 0.3) is 0 Å². The Kier molecular flexibility index (Phi) is 7.73. The number of nitriles is 1. The van der Waals surface area contributed by atoms with Gasteiger partial charge in [-0.15, -0.1) is 0 Å². The maximum absolute atomic E-state index is 13.5. The number of hydrogen-bond acceptors (Lipinski definition) is 8. The number of aromatic nitrogens is 3. The van der Waals surface area contributed by atoms with Gasteiger partial charge in [-0.3, -0.25) is 9.48 Å². The van der Waals surface area contributed by atoms with Gasteiger partial charge >= 0.3 is 5.97 Å². The number of nitrogens with zero attached hydrogens (tertiary/aromatic N) is 5. The van der Waals surface area contributed by atoms with Crippen molar-refractivity contribution in [2.75, 3.05) is 13.7 Å². The Morgan fingerprint density at radius 2 is 2.06 bits per heavy atom. The topological polar surface area (TPSA) is 127 Å². The van der Waals surface area contributed by atoms with Crippen LogP contribution in [0.2, 0.25) is 0 Å². The molecule has 36 heavy (non-hydrogen) atoms. The second-order valence-electron chi connectivity index (χ2n) is 8.13. The Labute approximate surface area is 217 Å². The van der Waals surface area contributed by atoms with E-state index >= 15 is 0 Å². The SMILES string of the molecule is CCOC(=O)Cn1ncc2c1CCCC2N(C)S(=O)(=O)c1cnc(Oc2ccc(C#N)cc2)c(Br)c1. The molecule has 0 saturated heterocycles. The van der Waals surface area contributed by atoms with Gasteiger partial charge in [0.15, 0.2) is 0 Å². The first-order valence-electron chi connectivity index (χ1n) is 11.3. The van der Waals surface area contributed by atoms with Gasteiger partial charge in [0.05, 0.1) is 41.1 Å². The predicted octanol–water partition coefficient (Wildman–Crippen LogP) is 3.97. The highest BCUT2D eigenvalue weighted by atomic mass is 79.9. The van der Waals surface area contributed by atoms with Crippen molar-refractivity contribution >= 4 is 31.9 Å². The van der Waals surface area contributed by atoms with Gasteiger partial charge in [-0.25, -0.2) is 13.4 Å². The molecule has 2 aromatic heterocycles. The minimum Gasteiger partial charge on any atom is -0.465 e. The molecule has 0 radical (unpaired) electrons. The maximum Gasteiger partial charge on any atom is 0.327 e. The molecule has 1 aliphatic rings. The lowest BCUT2D eigenvalue weighted by Gasteiger charge is -2.30. The highest BCUT2D eigenvalue weighted by Gasteiger charge is 2.35. The molecule has 4 rings (SSSR count). The van der Waals surface area contributed by atoms with E-state index in [1.807, 2.05) is 6.07 Å². The summed E-state index contributed by atoms with van der Waals surface area (Å²) in [5.74, 6) is 0.275. The summed E-state index contributed by atoms with van der Waals surface area (Å²) in [6.45, 7) is 2.02. The number of pyridine rings is 1. The number of halogens is 1. The normalized spacial score (nSPS) is 15.2. The molecular weight excluding hydrogens is 550 g/mol. The van der Waals surface area contributed by atoms with Crippen molar-refractivity contribution in [1.29, 1.82) is 5.26 Å². The van der Waals surface area contributed by atoms with E-state index in [0.29, 0.717) is 28.6 Å². The van der Waals surface area contributed by atoms with Crippen LogP contribution in [0.5, 0.6) is 11.6 Å². The lowest BCUT2D eigenvalue weighted by Crippen LogP contribution is -2.33. The number of carbonyl (C=O) groups is 1. The van der Waals surface area contributed by atoms with Gasteiger partial charge in [-0.2, -0.15) is 14.7 Å². The van der Waals surface area contributed by atoms with Crippen LogP contribution in [0.3, 0.4) is 0 Å². The van der Waals surface area contributed by atoms with Gasteiger partial charge < -0.3 is 9.47 Å². The highest BCUT2D eigenvalue weighted by Crippen LogP contribution is 2.37. The molecule has 12 heteroatoms. The summed E-state index contributed by atoms with van der Waals surface area (Å²) < 4.78 is 41.0. The van der Waals surface area contributed by atoms with Crippen LogP contribution in [0.4, 0.5) is 0 Å². The highest BCUT2D eigenvalue weighted by molar-refractivity contribution is 9.10. The van der Waals surface area contributed by atoms with E-state index in [1.54, 1.807) is 42.1 Å². The molecule has 1 atom stereocenters. The van der Waals surface area contributed by atoms with Gasteiger partial charge in [-0.05, 0) is 72.4 Å². The number of esters is 1. The van der Waals surface area contributed by atoms with Gasteiger partial charge in [0.25, 0.3) is 0 Å². The molecule has 0 aliphatic heterocycles. The quantitative estimate of drug-likeness (QED) is 0.370. The summed E-state index contributed by atoms with van der Waals surface area (Å²) in [6.07, 6.45) is 4.97. The molecule has 1 unspecified atom stereocenters. The molecule has 0 fully saturated rings. The van der Waals surface area contributed by atoms with E-state index in [1.165, 1.54) is 23.6 Å². The minimum atomic E-state index is -3.90. The van der Waals surface area contributed by atoms with E-state index < -0.39 is 16.1 Å². The Balaban J connectivity index is 1.55. The average Bonchev–Trinajstić information content (AvgIpc) is 3.28. The number of hydrogen-bond donors (Lipinski definition) is 0. The standard InChI is InChI=1S/C24H24BrN5O5S/c1-3-34-23(31)15-30-22-6-4-5-21(19(22)14-28-30)29(2)36(32,33)18-11-20(25)24(27-13-18)35-17-9-7-16(12-26)8-10-17/h7-11,13-14,21H,3-6,15H2,1-2H3. The molecule has 1 aromatic carbocycles. The molecule has 0 bridgehead atoms. The molecule has 0 saturated carbocycles. The number of ether oxygens (including phenoxy) is 2. The molecular formula is C24H24BrN5O5S. The maximum atomic E-state index is 13.5. The van der Waals surface area contributed by atoms with E-state index in [2.05, 4.69) is 26.0 Å². The van der Waals surface area contributed by atoms with E-state index in [-0.39, 0.29) is 29.9 Å². The van der Waals surface area contributed by atoms with E-state index in [4.69, 9.17) is 14.7 Å². The Hall–Kier alpha value is -3.27. The van der Waals surface area contributed by atoms with Crippen LogP contribution in [0.15, 0.2) is 52.1 Å². The number of benzene rings is 1. The first-order valence-corrected chi connectivity index (χ1v) is 13.5. The second-order valence-corrected chi connectivity index (χ2v) is 11.0. The number of carbonyl (C=O) groups excluding carboxylic acids is 1. The third-order valence-electron chi connectivity index (χ3n) is 5.91. The Bertz CT molecular complexity index is 1420. The van der Waals surface area contributed by atoms with Crippen LogP contribution < -0.4 is 4.74 Å². The van der Waals surface area contributed by atoms with Crippen molar-refractivity contribution in [3.63, 3.8) is 0 Å². The summed E-state index contributed by atoms with van der Waals surface area (Å²) in [7, 11) is -2.37. The fraction of sp³-hybridized carbons (Fsp3) is 0.333. The largest absolute Gasteiger partial charge is 0.465 e. The first kappa shape index (κ1) is 25.8. The molecule has 3 aromatic rings. The van der Waals surface area contributed by atoms with E-state index in [0.717, 1.165) is 17.7 Å². The summed E-state index contributed by atoms with van der Waals surface area (Å²) in [4.78, 5) is 16.1. The predicted molar refractivity (Wildman–Crippen MR) is 133 cm³/mol. The van der Waals surface area contributed by atoms with Crippen molar-refractivity contribution in [2.45, 2.75) is 43.7 Å². The second kappa shape index (κ2) is 10.8. The number of rotatable bonds is 8. The lowest BCUT2D eigenvalue weighted by molar-refractivity contribution is -0.144. The fourth-order valence-corrected chi connectivity index (χ4v) is 6.03. The molecule has 2 heterocycles. The monoisotopic (exact) mass is 573 g/mol. The zero-order chi connectivity index (χ0) is 25.9. The van der Waals surface area contributed by atoms with Crippen molar-refractivity contribution in [1.82, 2.24) is 19.1 Å². The van der Waals surface area contributed by atoms with Crippen molar-refractivity contribution < 1.29 is 22.7 Å². The van der Waals surface area contributed by atoms with Crippen LogP contribution in [0, 0.1) is 11.3 Å². The summed E-state index contributed by atoms with van der Waals surface area (Å²) in [5, 5.41) is 13.2. The number of sulfonamides is 1. The van der Waals surface area contributed by atoms with Gasteiger partial charge in [0.2, 0.25) is 15.9 Å². The van der Waals surface area contributed by atoms with Crippen LogP contribution >= 0.6 is 15.9 Å². The molecule has 1 aliphatic carbocycles. The third kappa shape index (κ3) is 5.28. The fourth-order valence-electron chi connectivity index (χ4n) is 4.10. The van der Waals surface area contributed by atoms with Crippen LogP contribution in [-0.2, 0) is 32.5 Å². The van der Waals surface area contributed by atoms with Gasteiger partial charge in [-0.1, -0.05) is 0 Å². The Morgan fingerprint density at radius 3 is 2.72 bits per heavy atom. The minimum absolute atomic E-state index is 0.00934. The van der Waals surface area contributed by atoms with Crippen molar-refractivity contribution in [2.24, 2.45) is 0 Å². The van der Waals surface area contributed by atoms with Crippen molar-refractivity contribution in [3.05, 3.63) is 64.0 Å². The average molecular weight is 574 g/mol.